The van der Waals surface area contributed by atoms with E-state index in [9.17, 15) is 10.2 Å². The molecular weight excluding hydrogens is 266 g/mol. The Morgan fingerprint density at radius 3 is 3.00 bits per heavy atom. The molecule has 2 fully saturated rings. The van der Waals surface area contributed by atoms with Gasteiger partial charge in [0.2, 0.25) is 0 Å². The monoisotopic (exact) mass is 292 g/mol. The third-order valence-electron chi connectivity index (χ3n) is 5.16. The van der Waals surface area contributed by atoms with E-state index in [0.717, 1.165) is 37.8 Å². The fourth-order valence-electron chi connectivity index (χ4n) is 4.13. The van der Waals surface area contributed by atoms with Crippen LogP contribution in [-0.2, 0) is 0 Å². The molecule has 0 spiro atoms. The quantitative estimate of drug-likeness (QED) is 0.795. The number of rotatable bonds is 3. The number of aliphatic hydroxyl groups is 1. The lowest BCUT2D eigenvalue weighted by Gasteiger charge is -2.46. The van der Waals surface area contributed by atoms with Crippen LogP contribution in [0.3, 0.4) is 0 Å². The summed E-state index contributed by atoms with van der Waals surface area (Å²) in [7, 11) is 0. The van der Waals surface area contributed by atoms with Crippen molar-refractivity contribution in [3.8, 4) is 11.5 Å². The molecule has 3 atom stereocenters. The molecular formula is C17H26NO3+. The largest absolute Gasteiger partial charge is 0.504 e. The van der Waals surface area contributed by atoms with Crippen molar-refractivity contribution >= 4 is 0 Å². The Hall–Kier alpha value is -1.26. The standard InChI is InChI=1S/C17H25NO3/c1-2-21-15-11-12(6-7-14(15)19)16-13-5-3-4-8-17(13,20)9-10-18-16/h6-7,11,13,16,18-20H,2-5,8-10H2,1H3/p+1/t13-,16+,17+/m0/s1. The summed E-state index contributed by atoms with van der Waals surface area (Å²) >= 11 is 0. The number of ether oxygens (including phenoxy) is 1. The molecule has 4 nitrogen and oxygen atoms in total. The maximum absolute atomic E-state index is 10.9. The van der Waals surface area contributed by atoms with E-state index < -0.39 is 5.60 Å². The molecule has 1 aromatic carbocycles. The number of phenols is 1. The van der Waals surface area contributed by atoms with Crippen LogP contribution in [0.15, 0.2) is 18.2 Å². The number of hydrogen-bond acceptors (Lipinski definition) is 3. The van der Waals surface area contributed by atoms with E-state index >= 15 is 0 Å². The van der Waals surface area contributed by atoms with Gasteiger partial charge in [-0.1, -0.05) is 12.8 Å². The first-order valence-electron chi connectivity index (χ1n) is 8.15. The molecule has 1 heterocycles. The Morgan fingerprint density at radius 1 is 1.33 bits per heavy atom. The van der Waals surface area contributed by atoms with Gasteiger partial charge in [-0.15, -0.1) is 0 Å². The number of piperidine rings is 1. The van der Waals surface area contributed by atoms with Crippen molar-refractivity contribution < 1.29 is 20.3 Å². The third-order valence-corrected chi connectivity index (χ3v) is 5.16. The Balaban J connectivity index is 1.89. The molecule has 0 unspecified atom stereocenters. The molecule has 0 amide bonds. The molecule has 1 aliphatic carbocycles. The summed E-state index contributed by atoms with van der Waals surface area (Å²) in [5, 5.41) is 23.2. The van der Waals surface area contributed by atoms with Crippen molar-refractivity contribution in [1.29, 1.82) is 0 Å². The molecule has 1 aliphatic heterocycles. The second-order valence-electron chi connectivity index (χ2n) is 6.42. The number of quaternary nitrogens is 1. The molecule has 1 aromatic rings. The zero-order valence-corrected chi connectivity index (χ0v) is 12.7. The van der Waals surface area contributed by atoms with Crippen molar-refractivity contribution in [2.75, 3.05) is 13.2 Å². The third kappa shape index (κ3) is 2.74. The first kappa shape index (κ1) is 14.7. The van der Waals surface area contributed by atoms with Crippen LogP contribution < -0.4 is 10.1 Å². The minimum absolute atomic E-state index is 0.190. The normalized spacial score (nSPS) is 32.5. The highest BCUT2D eigenvalue weighted by molar-refractivity contribution is 5.42. The van der Waals surface area contributed by atoms with Crippen LogP contribution in [0.25, 0.3) is 0 Å². The van der Waals surface area contributed by atoms with Gasteiger partial charge in [-0.25, -0.2) is 0 Å². The minimum atomic E-state index is -0.499. The van der Waals surface area contributed by atoms with Gasteiger partial charge in [0.1, 0.15) is 6.04 Å². The van der Waals surface area contributed by atoms with Gasteiger partial charge in [-0.2, -0.15) is 0 Å². The Bertz CT molecular complexity index is 501. The lowest BCUT2D eigenvalue weighted by atomic mass is 9.67. The van der Waals surface area contributed by atoms with Crippen molar-refractivity contribution in [3.05, 3.63) is 23.8 Å². The van der Waals surface area contributed by atoms with Crippen LogP contribution in [0.4, 0.5) is 0 Å². The van der Waals surface area contributed by atoms with Crippen molar-refractivity contribution in [1.82, 2.24) is 0 Å². The summed E-state index contributed by atoms with van der Waals surface area (Å²) in [5.41, 5.74) is 0.655. The van der Waals surface area contributed by atoms with E-state index in [2.05, 4.69) is 5.32 Å². The summed E-state index contributed by atoms with van der Waals surface area (Å²) in [6.07, 6.45) is 5.25. The first-order valence-corrected chi connectivity index (χ1v) is 8.15. The van der Waals surface area contributed by atoms with E-state index in [-0.39, 0.29) is 11.8 Å². The van der Waals surface area contributed by atoms with Gasteiger partial charge in [-0.05, 0) is 38.0 Å². The number of fused-ring (bicyclic) bond motifs is 1. The van der Waals surface area contributed by atoms with Gasteiger partial charge in [0.05, 0.1) is 18.8 Å². The summed E-state index contributed by atoms with van der Waals surface area (Å²) in [5.74, 6) is 1.04. The molecule has 3 rings (SSSR count). The second kappa shape index (κ2) is 5.85. The second-order valence-corrected chi connectivity index (χ2v) is 6.42. The van der Waals surface area contributed by atoms with Crippen molar-refractivity contribution in [3.63, 3.8) is 0 Å². The van der Waals surface area contributed by atoms with Crippen molar-refractivity contribution in [2.24, 2.45) is 5.92 Å². The van der Waals surface area contributed by atoms with Gasteiger partial charge in [0, 0.05) is 17.9 Å². The average molecular weight is 292 g/mol. The van der Waals surface area contributed by atoms with Crippen LogP contribution in [0.1, 0.15) is 50.6 Å². The highest BCUT2D eigenvalue weighted by Gasteiger charge is 2.48. The van der Waals surface area contributed by atoms with Crippen LogP contribution in [0, 0.1) is 5.92 Å². The summed E-state index contributed by atoms with van der Waals surface area (Å²) < 4.78 is 5.50. The molecule has 2 aliphatic rings. The van der Waals surface area contributed by atoms with Crippen LogP contribution >= 0.6 is 0 Å². The molecule has 0 radical (unpaired) electrons. The molecule has 21 heavy (non-hydrogen) atoms. The molecule has 0 aromatic heterocycles. The SMILES string of the molecule is CCOc1cc([C@H]2[NH2+]CC[C@]3(O)CCCC[C@@H]23)ccc1O. The summed E-state index contributed by atoms with van der Waals surface area (Å²) in [6.45, 7) is 3.42. The smallest absolute Gasteiger partial charge is 0.161 e. The van der Waals surface area contributed by atoms with Crippen LogP contribution in [-0.4, -0.2) is 29.0 Å². The highest BCUT2D eigenvalue weighted by atomic mass is 16.5. The highest BCUT2D eigenvalue weighted by Crippen LogP contribution is 2.44. The number of hydrogen-bond donors (Lipinski definition) is 3. The Labute approximate surface area is 126 Å². The van der Waals surface area contributed by atoms with Gasteiger partial charge >= 0.3 is 0 Å². The zero-order chi connectivity index (χ0) is 14.9. The van der Waals surface area contributed by atoms with E-state index in [0.29, 0.717) is 18.3 Å². The lowest BCUT2D eigenvalue weighted by Crippen LogP contribution is -2.91. The molecule has 1 saturated carbocycles. The van der Waals surface area contributed by atoms with Gasteiger partial charge in [-0.3, -0.25) is 0 Å². The maximum Gasteiger partial charge on any atom is 0.161 e. The summed E-state index contributed by atoms with van der Waals surface area (Å²) in [4.78, 5) is 0. The molecule has 4 N–H and O–H groups in total. The van der Waals surface area contributed by atoms with E-state index in [4.69, 9.17) is 4.74 Å². The number of aromatic hydroxyl groups is 1. The number of benzene rings is 1. The number of nitrogens with two attached hydrogens (primary N) is 1. The van der Waals surface area contributed by atoms with E-state index in [1.807, 2.05) is 19.1 Å². The molecule has 4 heteroatoms. The first-order chi connectivity index (χ1) is 10.1. The van der Waals surface area contributed by atoms with E-state index in [1.54, 1.807) is 6.07 Å². The maximum atomic E-state index is 10.9. The predicted molar refractivity (Wildman–Crippen MR) is 80.3 cm³/mol. The fraction of sp³-hybridized carbons (Fsp3) is 0.647. The van der Waals surface area contributed by atoms with E-state index in [1.165, 1.54) is 6.42 Å². The Kier molecular flexibility index (Phi) is 4.09. The lowest BCUT2D eigenvalue weighted by molar-refractivity contribution is -0.719. The van der Waals surface area contributed by atoms with Gasteiger partial charge in [0.15, 0.2) is 11.5 Å². The van der Waals surface area contributed by atoms with Crippen LogP contribution in [0.5, 0.6) is 11.5 Å². The number of phenolic OH excluding ortho intramolecular Hbond substituents is 1. The van der Waals surface area contributed by atoms with Crippen LogP contribution in [0.2, 0.25) is 0 Å². The zero-order valence-electron chi connectivity index (χ0n) is 12.7. The van der Waals surface area contributed by atoms with Crippen molar-refractivity contribution in [2.45, 2.75) is 50.7 Å². The van der Waals surface area contributed by atoms with Gasteiger partial charge < -0.3 is 20.3 Å². The predicted octanol–water partition coefficient (Wildman–Crippen LogP) is 1.72. The molecule has 116 valence electrons. The minimum Gasteiger partial charge on any atom is -0.504 e. The molecule has 1 saturated heterocycles. The Morgan fingerprint density at radius 2 is 2.19 bits per heavy atom. The van der Waals surface area contributed by atoms with Gasteiger partial charge in [0.25, 0.3) is 0 Å². The summed E-state index contributed by atoms with van der Waals surface area (Å²) in [6, 6.07) is 5.90. The topological polar surface area (TPSA) is 66.3 Å². The molecule has 0 bridgehead atoms. The fourth-order valence-corrected chi connectivity index (χ4v) is 4.13. The average Bonchev–Trinajstić information content (AvgIpc) is 2.48.